The smallest absolute Gasteiger partial charge is 0.215 e. The van der Waals surface area contributed by atoms with Crippen LogP contribution in [0.15, 0.2) is 0 Å². The predicted molar refractivity (Wildman–Crippen MR) is 68.7 cm³/mol. The molecule has 114 valence electrons. The van der Waals surface area contributed by atoms with E-state index in [2.05, 4.69) is 4.72 Å². The highest BCUT2D eigenvalue weighted by Gasteiger charge is 2.34. The summed E-state index contributed by atoms with van der Waals surface area (Å²) in [6.07, 6.45) is -2.03. The summed E-state index contributed by atoms with van der Waals surface area (Å²) in [5.41, 5.74) is -0.224. The summed E-state index contributed by atoms with van der Waals surface area (Å²) >= 11 is 5.87. The van der Waals surface area contributed by atoms with Crippen LogP contribution in [0.2, 0.25) is 0 Å². The maximum absolute atomic E-state index is 11.9. The summed E-state index contributed by atoms with van der Waals surface area (Å²) in [6.45, 7) is 0.227. The first-order valence-corrected chi connectivity index (χ1v) is 8.47. The van der Waals surface area contributed by atoms with Gasteiger partial charge in [0, 0.05) is 18.8 Å². The van der Waals surface area contributed by atoms with E-state index in [1.54, 1.807) is 0 Å². The zero-order chi connectivity index (χ0) is 14.6. The van der Waals surface area contributed by atoms with Gasteiger partial charge in [0.15, 0.2) is 0 Å². The van der Waals surface area contributed by atoms with Gasteiger partial charge in [-0.15, -0.1) is 11.6 Å². The summed E-state index contributed by atoms with van der Waals surface area (Å²) < 4.78 is 61.5. The van der Waals surface area contributed by atoms with Crippen LogP contribution in [-0.4, -0.2) is 32.8 Å². The van der Waals surface area contributed by atoms with Crippen LogP contribution in [0, 0.1) is 5.41 Å². The Morgan fingerprint density at radius 3 is 2.26 bits per heavy atom. The number of rotatable bonds is 7. The molecule has 1 saturated carbocycles. The molecule has 0 heterocycles. The third-order valence-corrected chi connectivity index (χ3v) is 5.47. The van der Waals surface area contributed by atoms with Crippen LogP contribution < -0.4 is 4.72 Å². The Hall–Kier alpha value is -0.0100. The van der Waals surface area contributed by atoms with E-state index in [0.717, 1.165) is 25.7 Å². The zero-order valence-electron chi connectivity index (χ0n) is 10.6. The molecule has 3 nitrogen and oxygen atoms in total. The first kappa shape index (κ1) is 17.0. The van der Waals surface area contributed by atoms with Crippen molar-refractivity contribution in [2.75, 3.05) is 18.2 Å². The van der Waals surface area contributed by atoms with Crippen molar-refractivity contribution in [1.82, 2.24) is 4.72 Å². The Morgan fingerprint density at radius 2 is 1.79 bits per heavy atom. The molecule has 0 spiro atoms. The van der Waals surface area contributed by atoms with Crippen molar-refractivity contribution in [3.05, 3.63) is 0 Å². The Bertz CT molecular complexity index is 378. The SMILES string of the molecule is O=S(=O)(CCCC(F)(F)F)NCC1(CCl)CCCC1. The Labute approximate surface area is 116 Å². The normalized spacial score (nSPS) is 19.8. The van der Waals surface area contributed by atoms with Crippen LogP contribution in [0.3, 0.4) is 0 Å². The van der Waals surface area contributed by atoms with Gasteiger partial charge in [-0.05, 0) is 24.7 Å². The second kappa shape index (κ2) is 6.63. The van der Waals surface area contributed by atoms with E-state index in [-0.39, 0.29) is 12.0 Å². The summed E-state index contributed by atoms with van der Waals surface area (Å²) in [7, 11) is -3.65. The molecular weight excluding hydrogens is 303 g/mol. The highest BCUT2D eigenvalue weighted by molar-refractivity contribution is 7.89. The molecule has 1 aliphatic carbocycles. The van der Waals surface area contributed by atoms with Gasteiger partial charge in [-0.25, -0.2) is 13.1 Å². The van der Waals surface area contributed by atoms with Crippen LogP contribution in [0.5, 0.6) is 0 Å². The van der Waals surface area contributed by atoms with Gasteiger partial charge in [-0.2, -0.15) is 13.2 Å². The Balaban J connectivity index is 2.38. The maximum atomic E-state index is 11.9. The van der Waals surface area contributed by atoms with Crippen molar-refractivity contribution in [3.63, 3.8) is 0 Å². The molecular formula is C11H19ClF3NO2S. The molecule has 0 aromatic heterocycles. The second-order valence-corrected chi connectivity index (χ2v) is 7.39. The van der Waals surface area contributed by atoms with E-state index in [0.29, 0.717) is 5.88 Å². The lowest BCUT2D eigenvalue weighted by molar-refractivity contribution is -0.134. The van der Waals surface area contributed by atoms with E-state index >= 15 is 0 Å². The standard InChI is InChI=1S/C11H19ClF3NO2S/c12-8-10(4-1-2-5-10)9-16-19(17,18)7-3-6-11(13,14)15/h16H,1-9H2. The summed E-state index contributed by atoms with van der Waals surface area (Å²) in [5.74, 6) is -0.122. The summed E-state index contributed by atoms with van der Waals surface area (Å²) in [4.78, 5) is 0. The number of halogens is 4. The van der Waals surface area contributed by atoms with E-state index in [4.69, 9.17) is 11.6 Å². The molecule has 1 N–H and O–H groups in total. The average Bonchev–Trinajstić information content (AvgIpc) is 2.74. The average molecular weight is 322 g/mol. The van der Waals surface area contributed by atoms with Gasteiger partial charge >= 0.3 is 6.18 Å². The lowest BCUT2D eigenvalue weighted by Gasteiger charge is -2.26. The van der Waals surface area contributed by atoms with Crippen LogP contribution in [-0.2, 0) is 10.0 Å². The maximum Gasteiger partial charge on any atom is 0.389 e. The minimum atomic E-state index is -4.31. The fourth-order valence-corrected chi connectivity index (χ4v) is 3.84. The van der Waals surface area contributed by atoms with Gasteiger partial charge in [0.25, 0.3) is 0 Å². The molecule has 1 aliphatic rings. The minimum absolute atomic E-state index is 0.224. The molecule has 0 radical (unpaired) electrons. The van der Waals surface area contributed by atoms with E-state index in [1.807, 2.05) is 0 Å². The quantitative estimate of drug-likeness (QED) is 0.733. The molecule has 0 saturated heterocycles. The van der Waals surface area contributed by atoms with Crippen LogP contribution in [0.25, 0.3) is 0 Å². The highest BCUT2D eigenvalue weighted by Crippen LogP contribution is 2.38. The van der Waals surface area contributed by atoms with Crippen LogP contribution >= 0.6 is 11.6 Å². The molecule has 0 aliphatic heterocycles. The molecule has 1 fully saturated rings. The van der Waals surface area contributed by atoms with Crippen molar-refractivity contribution in [3.8, 4) is 0 Å². The Kier molecular flexibility index (Phi) is 5.95. The minimum Gasteiger partial charge on any atom is -0.215 e. The molecule has 19 heavy (non-hydrogen) atoms. The first-order chi connectivity index (χ1) is 8.68. The largest absolute Gasteiger partial charge is 0.389 e. The predicted octanol–water partition coefficient (Wildman–Crippen LogP) is 3.05. The molecule has 0 aromatic rings. The first-order valence-electron chi connectivity index (χ1n) is 6.28. The number of nitrogens with one attached hydrogen (secondary N) is 1. The highest BCUT2D eigenvalue weighted by atomic mass is 35.5. The number of sulfonamides is 1. The van der Waals surface area contributed by atoms with E-state index in [9.17, 15) is 21.6 Å². The lowest BCUT2D eigenvalue weighted by atomic mass is 9.89. The van der Waals surface area contributed by atoms with Crippen molar-refractivity contribution in [2.45, 2.75) is 44.7 Å². The zero-order valence-corrected chi connectivity index (χ0v) is 12.2. The molecule has 0 aromatic carbocycles. The molecule has 1 rings (SSSR count). The molecule has 8 heteroatoms. The Morgan fingerprint density at radius 1 is 1.21 bits per heavy atom. The number of alkyl halides is 4. The topological polar surface area (TPSA) is 46.2 Å². The van der Waals surface area contributed by atoms with E-state index < -0.39 is 34.8 Å². The van der Waals surface area contributed by atoms with Crippen LogP contribution in [0.4, 0.5) is 13.2 Å². The second-order valence-electron chi connectivity index (χ2n) is 5.20. The van der Waals surface area contributed by atoms with Crippen LogP contribution in [0.1, 0.15) is 38.5 Å². The lowest BCUT2D eigenvalue weighted by Crippen LogP contribution is -2.38. The summed E-state index contributed by atoms with van der Waals surface area (Å²) in [5, 5.41) is 0. The molecule has 0 unspecified atom stereocenters. The van der Waals surface area contributed by atoms with Crippen molar-refractivity contribution in [2.24, 2.45) is 5.41 Å². The summed E-state index contributed by atoms with van der Waals surface area (Å²) in [6, 6.07) is 0. The third kappa shape index (κ3) is 6.31. The van der Waals surface area contributed by atoms with Gasteiger partial charge in [0.1, 0.15) is 0 Å². The van der Waals surface area contributed by atoms with Gasteiger partial charge in [-0.1, -0.05) is 12.8 Å². The van der Waals surface area contributed by atoms with Crippen molar-refractivity contribution >= 4 is 21.6 Å². The molecule has 0 atom stereocenters. The fraction of sp³-hybridized carbons (Fsp3) is 1.00. The molecule has 0 amide bonds. The van der Waals surface area contributed by atoms with Gasteiger partial charge in [-0.3, -0.25) is 0 Å². The third-order valence-electron chi connectivity index (χ3n) is 3.49. The van der Waals surface area contributed by atoms with Gasteiger partial charge < -0.3 is 0 Å². The number of hydrogen-bond donors (Lipinski definition) is 1. The van der Waals surface area contributed by atoms with E-state index in [1.165, 1.54) is 0 Å². The van der Waals surface area contributed by atoms with Crippen molar-refractivity contribution < 1.29 is 21.6 Å². The molecule has 0 bridgehead atoms. The number of hydrogen-bond acceptors (Lipinski definition) is 2. The van der Waals surface area contributed by atoms with Gasteiger partial charge in [0.2, 0.25) is 10.0 Å². The monoisotopic (exact) mass is 321 g/mol. The fourth-order valence-electron chi connectivity index (χ4n) is 2.28. The van der Waals surface area contributed by atoms with Gasteiger partial charge in [0.05, 0.1) is 5.75 Å². The van der Waals surface area contributed by atoms with Crippen molar-refractivity contribution in [1.29, 1.82) is 0 Å².